The first kappa shape index (κ1) is 28.5. The Morgan fingerprint density at radius 2 is 0.961 bits per heavy atom. The summed E-state index contributed by atoms with van der Waals surface area (Å²) in [6, 6.07) is 58.2. The summed E-state index contributed by atoms with van der Waals surface area (Å²) >= 11 is 0. The summed E-state index contributed by atoms with van der Waals surface area (Å²) in [5.74, 6) is 0. The van der Waals surface area contributed by atoms with Crippen molar-refractivity contribution in [3.8, 4) is 0 Å². The van der Waals surface area contributed by atoms with E-state index in [4.69, 9.17) is 0 Å². The fraction of sp³-hybridized carbons (Fsp3) is 0.0612. The monoisotopic (exact) mass is 650 g/mol. The second kappa shape index (κ2) is 10.6. The van der Waals surface area contributed by atoms with Crippen LogP contribution in [0.2, 0.25) is 0 Å². The molecule has 3 aromatic heterocycles. The molecule has 240 valence electrons. The molecule has 0 radical (unpaired) electrons. The van der Waals surface area contributed by atoms with Gasteiger partial charge in [0.2, 0.25) is 0 Å². The highest BCUT2D eigenvalue weighted by Gasteiger charge is 2.27. The first-order valence-corrected chi connectivity index (χ1v) is 17.9. The maximum absolute atomic E-state index is 2.55. The number of aromatic nitrogens is 2. The van der Waals surface area contributed by atoms with Crippen LogP contribution < -0.4 is 0 Å². The first-order valence-electron chi connectivity index (χ1n) is 17.9. The van der Waals surface area contributed by atoms with Gasteiger partial charge in [-0.2, -0.15) is 0 Å². The van der Waals surface area contributed by atoms with Gasteiger partial charge in [-0.15, -0.1) is 0 Å². The number of allylic oxidation sites excluding steroid dienone is 4. The Balaban J connectivity index is 1.32. The summed E-state index contributed by atoms with van der Waals surface area (Å²) in [6.07, 6.45) is 8.12. The van der Waals surface area contributed by atoms with Crippen molar-refractivity contribution in [2.75, 3.05) is 0 Å². The molecule has 1 atom stereocenters. The van der Waals surface area contributed by atoms with E-state index in [2.05, 4.69) is 192 Å². The van der Waals surface area contributed by atoms with Crippen molar-refractivity contribution in [3.63, 3.8) is 0 Å². The quantitative estimate of drug-likeness (QED) is 0.176. The number of rotatable bonds is 2. The highest BCUT2D eigenvalue weighted by atomic mass is 15.0. The summed E-state index contributed by atoms with van der Waals surface area (Å²) in [5.41, 5.74) is 8.68. The number of para-hydroxylation sites is 3. The van der Waals surface area contributed by atoms with Crippen molar-refractivity contribution in [2.24, 2.45) is 0 Å². The van der Waals surface area contributed by atoms with Crippen LogP contribution in [-0.4, -0.2) is 8.97 Å². The van der Waals surface area contributed by atoms with Gasteiger partial charge in [-0.05, 0) is 63.9 Å². The molecule has 7 aromatic carbocycles. The van der Waals surface area contributed by atoms with Crippen LogP contribution in [0.4, 0.5) is 0 Å². The van der Waals surface area contributed by atoms with Gasteiger partial charge in [0, 0.05) is 43.4 Å². The zero-order chi connectivity index (χ0) is 33.7. The van der Waals surface area contributed by atoms with Crippen molar-refractivity contribution >= 4 is 87.1 Å². The molecule has 0 N–H and O–H groups in total. The molecule has 1 unspecified atom stereocenters. The third-order valence-electron chi connectivity index (χ3n) is 11.5. The minimum absolute atomic E-state index is 0.0338. The van der Waals surface area contributed by atoms with Crippen LogP contribution in [0.3, 0.4) is 0 Å². The van der Waals surface area contributed by atoms with Crippen LogP contribution in [-0.2, 0) is 5.41 Å². The van der Waals surface area contributed by atoms with Gasteiger partial charge in [-0.3, -0.25) is 0 Å². The summed E-state index contributed by atoms with van der Waals surface area (Å²) < 4.78 is 5.03. The van der Waals surface area contributed by atoms with Gasteiger partial charge < -0.3 is 8.97 Å². The summed E-state index contributed by atoms with van der Waals surface area (Å²) in [5, 5.41) is 12.7. The molecule has 0 bridgehead atoms. The molecule has 0 fully saturated rings. The maximum atomic E-state index is 2.55. The predicted molar refractivity (Wildman–Crippen MR) is 219 cm³/mol. The average Bonchev–Trinajstić information content (AvgIpc) is 3.72. The molecule has 10 aromatic rings. The van der Waals surface area contributed by atoms with Gasteiger partial charge >= 0.3 is 0 Å². The highest BCUT2D eigenvalue weighted by molar-refractivity contribution is 6.33. The van der Waals surface area contributed by atoms with Crippen molar-refractivity contribution in [1.29, 1.82) is 0 Å². The van der Waals surface area contributed by atoms with E-state index in [1.807, 2.05) is 0 Å². The molecule has 1 aliphatic rings. The largest absolute Gasteiger partial charge is 0.310 e. The smallest absolute Gasteiger partial charge is 0.0620 e. The van der Waals surface area contributed by atoms with Crippen molar-refractivity contribution in [3.05, 3.63) is 182 Å². The lowest BCUT2D eigenvalue weighted by Gasteiger charge is -2.29. The van der Waals surface area contributed by atoms with E-state index in [-0.39, 0.29) is 5.41 Å². The van der Waals surface area contributed by atoms with E-state index in [1.165, 1.54) is 92.7 Å². The second-order valence-corrected chi connectivity index (χ2v) is 14.3. The average molecular weight is 651 g/mol. The zero-order valence-electron chi connectivity index (χ0n) is 28.3. The Morgan fingerprint density at radius 3 is 1.67 bits per heavy atom. The minimum Gasteiger partial charge on any atom is -0.310 e. The van der Waals surface area contributed by atoms with E-state index in [1.54, 1.807) is 0 Å². The molecular formula is C49H34N2. The predicted octanol–water partition coefficient (Wildman–Crippen LogP) is 13.1. The summed E-state index contributed by atoms with van der Waals surface area (Å²) in [6.45, 7) is 2.34. The minimum atomic E-state index is -0.0338. The molecule has 2 nitrogen and oxygen atoms in total. The van der Waals surface area contributed by atoms with Gasteiger partial charge in [-0.25, -0.2) is 0 Å². The number of benzene rings is 7. The van der Waals surface area contributed by atoms with Gasteiger partial charge in [-0.1, -0.05) is 153 Å². The summed E-state index contributed by atoms with van der Waals surface area (Å²) in [7, 11) is 0. The van der Waals surface area contributed by atoms with E-state index in [0.717, 1.165) is 6.42 Å². The molecule has 3 heterocycles. The second-order valence-electron chi connectivity index (χ2n) is 14.3. The van der Waals surface area contributed by atoms with Crippen LogP contribution in [0.25, 0.3) is 87.1 Å². The van der Waals surface area contributed by atoms with Gasteiger partial charge in [0.05, 0.1) is 27.6 Å². The Hall–Kier alpha value is -6.38. The third kappa shape index (κ3) is 3.93. The molecule has 0 saturated carbocycles. The molecule has 2 heteroatoms. The topological polar surface area (TPSA) is 9.34 Å². The maximum Gasteiger partial charge on any atom is 0.0620 e. The summed E-state index contributed by atoms with van der Waals surface area (Å²) in [4.78, 5) is 0. The van der Waals surface area contributed by atoms with E-state index in [0.29, 0.717) is 0 Å². The fourth-order valence-corrected chi connectivity index (χ4v) is 9.08. The van der Waals surface area contributed by atoms with Crippen LogP contribution in [0.1, 0.15) is 18.9 Å². The number of hydrogen-bond acceptors (Lipinski definition) is 0. The highest BCUT2D eigenvalue weighted by Crippen LogP contribution is 2.45. The molecule has 51 heavy (non-hydrogen) atoms. The van der Waals surface area contributed by atoms with Gasteiger partial charge in [0.1, 0.15) is 0 Å². The molecule has 0 saturated heterocycles. The lowest BCUT2D eigenvalue weighted by atomic mass is 9.77. The van der Waals surface area contributed by atoms with Crippen LogP contribution in [0.15, 0.2) is 176 Å². The lowest BCUT2D eigenvalue weighted by molar-refractivity contribution is 0.599. The van der Waals surface area contributed by atoms with Gasteiger partial charge in [0.25, 0.3) is 0 Å². The molecule has 0 aliphatic heterocycles. The Kier molecular flexibility index (Phi) is 5.89. The first-order chi connectivity index (χ1) is 25.2. The Bertz CT molecular complexity index is 3170. The van der Waals surface area contributed by atoms with Crippen LogP contribution in [0.5, 0.6) is 0 Å². The van der Waals surface area contributed by atoms with Crippen molar-refractivity contribution in [2.45, 2.75) is 18.8 Å². The van der Waals surface area contributed by atoms with E-state index >= 15 is 0 Å². The van der Waals surface area contributed by atoms with Crippen molar-refractivity contribution < 1.29 is 0 Å². The molecule has 0 spiro atoms. The van der Waals surface area contributed by atoms with Gasteiger partial charge in [0.15, 0.2) is 0 Å². The van der Waals surface area contributed by atoms with E-state index < -0.39 is 0 Å². The number of fused-ring (bicyclic) bond motifs is 14. The lowest BCUT2D eigenvalue weighted by Crippen LogP contribution is -2.20. The Morgan fingerprint density at radius 1 is 0.431 bits per heavy atom. The molecule has 11 rings (SSSR count). The fourth-order valence-electron chi connectivity index (χ4n) is 9.08. The van der Waals surface area contributed by atoms with E-state index in [9.17, 15) is 0 Å². The number of nitrogens with zero attached hydrogens (tertiary/aromatic N) is 2. The van der Waals surface area contributed by atoms with Crippen LogP contribution >= 0.6 is 0 Å². The SMILES string of the molecule is CC1(c2ccccc2)C=CC(n2c3ccccc3c3c4c5cccc6c7ccccc7c7ccccc7c7ccccc7n(c4ccc32)c65)=CC1. The Labute approximate surface area is 295 Å². The number of hydrogen-bond donors (Lipinski definition) is 0. The molecule has 1 aliphatic carbocycles. The molecule has 0 amide bonds. The van der Waals surface area contributed by atoms with Crippen molar-refractivity contribution in [1.82, 2.24) is 8.97 Å². The van der Waals surface area contributed by atoms with Crippen LogP contribution in [0, 0.1) is 0 Å². The normalized spacial score (nSPS) is 16.4. The zero-order valence-corrected chi connectivity index (χ0v) is 28.3. The standard InChI is InChI=1S/C49H34N2/c1-49(32-14-3-2-4-15-32)30-28-33(29-31-49)50-43-25-12-10-21-40(43)46-44(50)26-27-45-47(46)41-23-13-22-39-37-19-8-6-17-35(37)34-16-5-7-18-36(34)38-20-9-11-24-42(38)51(45)48(39)41/h2-30H,31H2,1H3. The molecular weight excluding hydrogens is 617 g/mol. The third-order valence-corrected chi connectivity index (χ3v) is 11.5.